The Kier molecular flexibility index (Phi) is 3.65. The number of rotatable bonds is 2. The minimum absolute atomic E-state index is 0.0522. The van der Waals surface area contributed by atoms with Crippen molar-refractivity contribution in [1.29, 1.82) is 0 Å². The number of benzene rings is 1. The third-order valence-corrected chi connectivity index (χ3v) is 3.67. The van der Waals surface area contributed by atoms with Gasteiger partial charge in [-0.15, -0.1) is 0 Å². The predicted octanol–water partition coefficient (Wildman–Crippen LogP) is 2.09. The third-order valence-electron chi connectivity index (χ3n) is 2.61. The highest BCUT2D eigenvalue weighted by Crippen LogP contribution is 2.34. The Bertz CT molecular complexity index is 491. The summed E-state index contributed by atoms with van der Waals surface area (Å²) in [6.45, 7) is 0.444. The van der Waals surface area contributed by atoms with Gasteiger partial charge in [0.1, 0.15) is 0 Å². The Morgan fingerprint density at radius 2 is 2.12 bits per heavy atom. The second-order valence-electron chi connectivity index (χ2n) is 3.91. The standard InChI is InChI=1S/C11H10Br2N2O2/c12-7-1-6(5-16)11(9(13)2-7)15-4-8(14)3-10(15)17/h1-2,5,8H,3-4,14H2. The van der Waals surface area contributed by atoms with E-state index < -0.39 is 0 Å². The SMILES string of the molecule is NC1CC(=O)N(c2c(Br)cc(Br)cc2C=O)C1. The fourth-order valence-electron chi connectivity index (χ4n) is 1.91. The molecule has 1 saturated heterocycles. The zero-order valence-corrected chi connectivity index (χ0v) is 12.0. The zero-order valence-electron chi connectivity index (χ0n) is 8.82. The lowest BCUT2D eigenvalue weighted by atomic mass is 10.2. The molecule has 17 heavy (non-hydrogen) atoms. The molecule has 4 nitrogen and oxygen atoms in total. The average molecular weight is 362 g/mol. The van der Waals surface area contributed by atoms with Crippen molar-refractivity contribution in [2.24, 2.45) is 5.73 Å². The predicted molar refractivity (Wildman–Crippen MR) is 72.2 cm³/mol. The molecule has 1 amide bonds. The molecule has 0 spiro atoms. The highest BCUT2D eigenvalue weighted by molar-refractivity contribution is 9.11. The number of halogens is 2. The molecule has 2 rings (SSSR count). The second kappa shape index (κ2) is 4.88. The van der Waals surface area contributed by atoms with Crippen molar-refractivity contribution in [2.45, 2.75) is 12.5 Å². The number of aldehydes is 1. The van der Waals surface area contributed by atoms with Crippen LogP contribution in [0.2, 0.25) is 0 Å². The van der Waals surface area contributed by atoms with Crippen LogP contribution in [0.5, 0.6) is 0 Å². The molecule has 1 fully saturated rings. The Hall–Kier alpha value is -0.720. The molecule has 1 aromatic rings. The van der Waals surface area contributed by atoms with Crippen LogP contribution < -0.4 is 10.6 Å². The van der Waals surface area contributed by atoms with Gasteiger partial charge in [0.2, 0.25) is 5.91 Å². The van der Waals surface area contributed by atoms with Gasteiger partial charge in [0.25, 0.3) is 0 Å². The molecule has 90 valence electrons. The number of anilines is 1. The summed E-state index contributed by atoms with van der Waals surface area (Å²) >= 11 is 6.68. The van der Waals surface area contributed by atoms with Gasteiger partial charge in [-0.25, -0.2) is 0 Å². The van der Waals surface area contributed by atoms with Gasteiger partial charge in [0.15, 0.2) is 6.29 Å². The van der Waals surface area contributed by atoms with Crippen molar-refractivity contribution in [2.75, 3.05) is 11.4 Å². The molecule has 1 aliphatic heterocycles. The molecule has 1 unspecified atom stereocenters. The van der Waals surface area contributed by atoms with Gasteiger partial charge in [0.05, 0.1) is 5.69 Å². The topological polar surface area (TPSA) is 63.4 Å². The van der Waals surface area contributed by atoms with Crippen LogP contribution in [0.15, 0.2) is 21.1 Å². The molecule has 1 heterocycles. The number of nitrogens with zero attached hydrogens (tertiary/aromatic N) is 1. The maximum absolute atomic E-state index is 11.8. The first-order valence-electron chi connectivity index (χ1n) is 5.03. The van der Waals surface area contributed by atoms with Crippen LogP contribution >= 0.6 is 31.9 Å². The average Bonchev–Trinajstić information content (AvgIpc) is 2.56. The summed E-state index contributed by atoms with van der Waals surface area (Å²) in [5.74, 6) is -0.0522. The van der Waals surface area contributed by atoms with Crippen LogP contribution in [-0.4, -0.2) is 24.8 Å². The molecular formula is C11H10Br2N2O2. The van der Waals surface area contributed by atoms with Crippen LogP contribution in [0.1, 0.15) is 16.8 Å². The van der Waals surface area contributed by atoms with Gasteiger partial charge >= 0.3 is 0 Å². The molecule has 0 radical (unpaired) electrons. The summed E-state index contributed by atoms with van der Waals surface area (Å²) in [6, 6.07) is 3.32. The monoisotopic (exact) mass is 360 g/mol. The minimum atomic E-state index is -0.169. The highest BCUT2D eigenvalue weighted by atomic mass is 79.9. The number of carbonyl (C=O) groups is 2. The Labute approximate surface area is 115 Å². The molecule has 2 N–H and O–H groups in total. The van der Waals surface area contributed by atoms with Crippen molar-refractivity contribution in [3.8, 4) is 0 Å². The van der Waals surface area contributed by atoms with Crippen molar-refractivity contribution in [3.63, 3.8) is 0 Å². The maximum Gasteiger partial charge on any atom is 0.228 e. The molecule has 1 aliphatic rings. The minimum Gasteiger partial charge on any atom is -0.326 e. The van der Waals surface area contributed by atoms with Gasteiger partial charge < -0.3 is 10.6 Å². The molecule has 0 aliphatic carbocycles. The van der Waals surface area contributed by atoms with E-state index in [1.54, 1.807) is 17.0 Å². The number of hydrogen-bond donors (Lipinski definition) is 1. The Morgan fingerprint density at radius 3 is 2.65 bits per heavy atom. The van der Waals surface area contributed by atoms with E-state index in [4.69, 9.17) is 5.73 Å². The Balaban J connectivity index is 2.51. The van der Waals surface area contributed by atoms with Gasteiger partial charge in [0, 0.05) is 33.5 Å². The summed E-state index contributed by atoms with van der Waals surface area (Å²) in [5.41, 5.74) is 6.81. The molecular weight excluding hydrogens is 352 g/mol. The number of amides is 1. The molecule has 0 saturated carbocycles. The lowest BCUT2D eigenvalue weighted by Crippen LogP contribution is -2.29. The van der Waals surface area contributed by atoms with E-state index in [0.29, 0.717) is 28.7 Å². The van der Waals surface area contributed by atoms with E-state index in [1.165, 1.54) is 0 Å². The number of hydrogen-bond acceptors (Lipinski definition) is 3. The normalized spacial score (nSPS) is 19.8. The number of carbonyl (C=O) groups excluding carboxylic acids is 2. The summed E-state index contributed by atoms with van der Waals surface area (Å²) in [7, 11) is 0. The summed E-state index contributed by atoms with van der Waals surface area (Å²) < 4.78 is 1.49. The van der Waals surface area contributed by atoms with Crippen molar-refractivity contribution in [1.82, 2.24) is 0 Å². The maximum atomic E-state index is 11.8. The molecule has 1 atom stereocenters. The van der Waals surface area contributed by atoms with Crippen LogP contribution in [-0.2, 0) is 4.79 Å². The number of nitrogens with two attached hydrogens (primary N) is 1. The van der Waals surface area contributed by atoms with E-state index >= 15 is 0 Å². The third kappa shape index (κ3) is 2.43. The lowest BCUT2D eigenvalue weighted by molar-refractivity contribution is -0.117. The van der Waals surface area contributed by atoms with Gasteiger partial charge in [-0.2, -0.15) is 0 Å². The van der Waals surface area contributed by atoms with E-state index in [1.807, 2.05) is 0 Å². The second-order valence-corrected chi connectivity index (χ2v) is 5.68. The fraction of sp³-hybridized carbons (Fsp3) is 0.273. The fourth-order valence-corrected chi connectivity index (χ4v) is 3.38. The van der Waals surface area contributed by atoms with Gasteiger partial charge in [-0.1, -0.05) is 15.9 Å². The molecule has 6 heteroatoms. The first-order valence-corrected chi connectivity index (χ1v) is 6.61. The smallest absolute Gasteiger partial charge is 0.228 e. The quantitative estimate of drug-likeness (QED) is 0.820. The van der Waals surface area contributed by atoms with E-state index in [-0.39, 0.29) is 11.9 Å². The first kappa shape index (κ1) is 12.7. The highest BCUT2D eigenvalue weighted by Gasteiger charge is 2.30. The van der Waals surface area contributed by atoms with Gasteiger partial charge in [-0.3, -0.25) is 9.59 Å². The first-order chi connectivity index (χ1) is 8.02. The summed E-state index contributed by atoms with van der Waals surface area (Å²) in [4.78, 5) is 24.4. The Morgan fingerprint density at radius 1 is 1.41 bits per heavy atom. The van der Waals surface area contributed by atoms with Crippen molar-refractivity contribution >= 4 is 49.7 Å². The molecule has 0 aromatic heterocycles. The molecule has 1 aromatic carbocycles. The molecule has 0 bridgehead atoms. The van der Waals surface area contributed by atoms with Crippen molar-refractivity contribution in [3.05, 3.63) is 26.6 Å². The zero-order chi connectivity index (χ0) is 12.6. The van der Waals surface area contributed by atoms with Crippen LogP contribution in [0.4, 0.5) is 5.69 Å². The van der Waals surface area contributed by atoms with Crippen LogP contribution in [0.25, 0.3) is 0 Å². The largest absolute Gasteiger partial charge is 0.326 e. The van der Waals surface area contributed by atoms with Crippen LogP contribution in [0.3, 0.4) is 0 Å². The summed E-state index contributed by atoms with van der Waals surface area (Å²) in [6.07, 6.45) is 1.06. The summed E-state index contributed by atoms with van der Waals surface area (Å²) in [5, 5.41) is 0. The van der Waals surface area contributed by atoms with Crippen molar-refractivity contribution < 1.29 is 9.59 Å². The van der Waals surface area contributed by atoms with E-state index in [0.717, 1.165) is 10.8 Å². The van der Waals surface area contributed by atoms with E-state index in [2.05, 4.69) is 31.9 Å². The van der Waals surface area contributed by atoms with Gasteiger partial charge in [-0.05, 0) is 28.1 Å². The van der Waals surface area contributed by atoms with E-state index in [9.17, 15) is 9.59 Å². The lowest BCUT2D eigenvalue weighted by Gasteiger charge is -2.20. The van der Waals surface area contributed by atoms with Crippen LogP contribution in [0, 0.1) is 0 Å².